The van der Waals surface area contributed by atoms with Crippen molar-refractivity contribution >= 4 is 29.6 Å². The van der Waals surface area contributed by atoms with Gasteiger partial charge in [-0.15, -0.1) is 0 Å². The summed E-state index contributed by atoms with van der Waals surface area (Å²) >= 11 is 1.52. The molecule has 0 bridgehead atoms. The molecule has 1 aliphatic rings. The van der Waals surface area contributed by atoms with Gasteiger partial charge in [0, 0.05) is 21.6 Å². The lowest BCUT2D eigenvalue weighted by molar-refractivity contribution is 0.895. The molecular formula is C26H27NS. The molecule has 1 heterocycles. The molecule has 0 amide bonds. The lowest BCUT2D eigenvalue weighted by Gasteiger charge is -2.12. The number of benzene rings is 1. The molecule has 0 saturated carbocycles. The second kappa shape index (κ2) is 10.5. The van der Waals surface area contributed by atoms with E-state index in [4.69, 9.17) is 4.99 Å². The van der Waals surface area contributed by atoms with Crippen LogP contribution in [0.15, 0.2) is 108 Å². The Kier molecular flexibility index (Phi) is 8.03. The number of allylic oxidation sites excluding steroid dienone is 8. The molecule has 2 heteroatoms. The summed E-state index contributed by atoms with van der Waals surface area (Å²) in [6.07, 6.45) is 17.8. The van der Waals surface area contributed by atoms with Gasteiger partial charge in [0.25, 0.3) is 0 Å². The predicted octanol–water partition coefficient (Wildman–Crippen LogP) is 7.74. The number of nitrogens with zero attached hydrogens (tertiary/aromatic N) is 1. The second-order valence-electron chi connectivity index (χ2n) is 6.44. The lowest BCUT2D eigenvalue weighted by atomic mass is 10.0. The van der Waals surface area contributed by atoms with Crippen LogP contribution in [0.5, 0.6) is 0 Å². The molecule has 0 aromatic heterocycles. The van der Waals surface area contributed by atoms with Gasteiger partial charge in [-0.1, -0.05) is 93.6 Å². The lowest BCUT2D eigenvalue weighted by Crippen LogP contribution is -2.03. The van der Waals surface area contributed by atoms with E-state index in [1.54, 1.807) is 6.20 Å². The largest absolute Gasteiger partial charge is 0.255 e. The van der Waals surface area contributed by atoms with Crippen molar-refractivity contribution in [1.82, 2.24) is 0 Å². The van der Waals surface area contributed by atoms with Crippen molar-refractivity contribution in [3.63, 3.8) is 0 Å². The van der Waals surface area contributed by atoms with Crippen molar-refractivity contribution in [2.45, 2.75) is 13.8 Å². The van der Waals surface area contributed by atoms with Gasteiger partial charge in [0.2, 0.25) is 0 Å². The Labute approximate surface area is 173 Å². The standard InChI is InChI=1S/C26H27NS/c1-7-11-24-14-15-25(18-23(24)8-2)26-22(6)28-21(5)13-10-9-12-19(3)20(4)16-17-27-26/h7-19H,2,4-6H2,1,3H3/b11-7-,12-9-,13-10-,17-16-,27-26?. The minimum Gasteiger partial charge on any atom is -0.255 e. The maximum Gasteiger partial charge on any atom is 0.0835 e. The van der Waals surface area contributed by atoms with Crippen LogP contribution in [0.1, 0.15) is 30.5 Å². The zero-order valence-corrected chi connectivity index (χ0v) is 17.5. The SMILES string of the molecule is C=Cc1cc(C2=N/C=C\C(=C)C(C)/C=C\C=C/C(=C)SC2=C)ccc1/C=C\C. The Hall–Kier alpha value is -2.84. The van der Waals surface area contributed by atoms with Crippen LogP contribution < -0.4 is 0 Å². The molecule has 1 atom stereocenters. The highest BCUT2D eigenvalue weighted by molar-refractivity contribution is 8.07. The van der Waals surface area contributed by atoms with Gasteiger partial charge < -0.3 is 0 Å². The summed E-state index contributed by atoms with van der Waals surface area (Å²) in [5.74, 6) is 0.233. The van der Waals surface area contributed by atoms with Crippen LogP contribution >= 0.6 is 11.8 Å². The van der Waals surface area contributed by atoms with E-state index in [1.165, 1.54) is 11.8 Å². The second-order valence-corrected chi connectivity index (χ2v) is 7.66. The van der Waals surface area contributed by atoms with E-state index < -0.39 is 0 Å². The van der Waals surface area contributed by atoms with Gasteiger partial charge in [-0.05, 0) is 47.8 Å². The predicted molar refractivity (Wildman–Crippen MR) is 129 cm³/mol. The van der Waals surface area contributed by atoms with Gasteiger partial charge in [0.15, 0.2) is 0 Å². The number of hydrogen-bond acceptors (Lipinski definition) is 2. The van der Waals surface area contributed by atoms with Crippen LogP contribution in [0, 0.1) is 5.92 Å². The van der Waals surface area contributed by atoms with Crippen LogP contribution in [-0.4, -0.2) is 5.71 Å². The van der Waals surface area contributed by atoms with Gasteiger partial charge in [-0.25, -0.2) is 0 Å². The number of hydrogen-bond donors (Lipinski definition) is 0. The molecule has 1 aliphatic heterocycles. The summed E-state index contributed by atoms with van der Waals surface area (Å²) in [4.78, 5) is 6.47. The van der Waals surface area contributed by atoms with Crippen molar-refractivity contribution < 1.29 is 0 Å². The molecule has 0 spiro atoms. The molecule has 0 aliphatic carbocycles. The van der Waals surface area contributed by atoms with Gasteiger partial charge in [-0.2, -0.15) is 0 Å². The average molecular weight is 386 g/mol. The van der Waals surface area contributed by atoms with Crippen molar-refractivity contribution in [2.24, 2.45) is 10.9 Å². The highest BCUT2D eigenvalue weighted by Crippen LogP contribution is 2.29. The Bertz CT molecular complexity index is 935. The molecule has 2 rings (SSSR count). The zero-order valence-electron chi connectivity index (χ0n) is 16.7. The molecule has 1 unspecified atom stereocenters. The normalized spacial score (nSPS) is 22.0. The van der Waals surface area contributed by atoms with Gasteiger partial charge in [0.1, 0.15) is 0 Å². The van der Waals surface area contributed by atoms with E-state index in [0.29, 0.717) is 0 Å². The molecule has 0 N–H and O–H groups in total. The third kappa shape index (κ3) is 5.83. The molecule has 1 aromatic rings. The Balaban J connectivity index is 2.52. The molecule has 142 valence electrons. The third-order valence-electron chi connectivity index (χ3n) is 4.31. The average Bonchev–Trinajstić information content (AvgIpc) is 2.69. The van der Waals surface area contributed by atoms with Crippen molar-refractivity contribution in [3.05, 3.63) is 119 Å². The quantitative estimate of drug-likeness (QED) is 0.518. The van der Waals surface area contributed by atoms with E-state index in [9.17, 15) is 0 Å². The highest BCUT2D eigenvalue weighted by atomic mass is 32.2. The summed E-state index contributed by atoms with van der Waals surface area (Å²) in [7, 11) is 0. The first-order valence-corrected chi connectivity index (χ1v) is 10.0. The fourth-order valence-corrected chi connectivity index (χ4v) is 3.39. The first kappa shape index (κ1) is 21.5. The van der Waals surface area contributed by atoms with E-state index in [2.05, 4.69) is 63.6 Å². The van der Waals surface area contributed by atoms with Gasteiger partial charge >= 0.3 is 0 Å². The topological polar surface area (TPSA) is 12.4 Å². The highest BCUT2D eigenvalue weighted by Gasteiger charge is 2.11. The first-order chi connectivity index (χ1) is 13.5. The Morgan fingerprint density at radius 3 is 2.57 bits per heavy atom. The van der Waals surface area contributed by atoms with Crippen LogP contribution in [0.25, 0.3) is 12.2 Å². The van der Waals surface area contributed by atoms with Crippen molar-refractivity contribution in [2.75, 3.05) is 0 Å². The summed E-state index contributed by atoms with van der Waals surface area (Å²) < 4.78 is 0. The van der Waals surface area contributed by atoms with E-state index in [0.717, 1.165) is 37.8 Å². The maximum absolute atomic E-state index is 4.72. The van der Waals surface area contributed by atoms with Gasteiger partial charge in [-0.3, -0.25) is 4.99 Å². The van der Waals surface area contributed by atoms with Gasteiger partial charge in [0.05, 0.1) is 5.71 Å². The zero-order chi connectivity index (χ0) is 20.5. The van der Waals surface area contributed by atoms with Crippen LogP contribution in [-0.2, 0) is 0 Å². The molecule has 0 fully saturated rings. The van der Waals surface area contributed by atoms with Crippen molar-refractivity contribution in [1.29, 1.82) is 0 Å². The molecule has 1 nitrogen and oxygen atoms in total. The molecular weight excluding hydrogens is 358 g/mol. The fraction of sp³-hybridized carbons (Fsp3) is 0.115. The molecule has 0 saturated heterocycles. The number of aliphatic imine (C=N–C) groups is 1. The van der Waals surface area contributed by atoms with Crippen molar-refractivity contribution in [3.8, 4) is 0 Å². The molecule has 28 heavy (non-hydrogen) atoms. The maximum atomic E-state index is 4.72. The van der Waals surface area contributed by atoms with Crippen LogP contribution in [0.2, 0.25) is 0 Å². The number of rotatable bonds is 3. The van der Waals surface area contributed by atoms with E-state index in [1.807, 2.05) is 43.4 Å². The summed E-state index contributed by atoms with van der Waals surface area (Å²) in [5.41, 5.74) is 5.00. The minimum absolute atomic E-state index is 0.233. The molecule has 0 radical (unpaired) electrons. The van der Waals surface area contributed by atoms with Crippen LogP contribution in [0.3, 0.4) is 0 Å². The van der Waals surface area contributed by atoms with E-state index >= 15 is 0 Å². The summed E-state index contributed by atoms with van der Waals surface area (Å²) in [5, 5.41) is 0. The monoisotopic (exact) mass is 385 g/mol. The van der Waals surface area contributed by atoms with E-state index in [-0.39, 0.29) is 5.92 Å². The summed E-state index contributed by atoms with van der Waals surface area (Å²) in [6.45, 7) is 20.6. The van der Waals surface area contributed by atoms with Crippen LogP contribution in [0.4, 0.5) is 0 Å². The Morgan fingerprint density at radius 2 is 1.86 bits per heavy atom. The minimum atomic E-state index is 0.233. The first-order valence-electron chi connectivity index (χ1n) is 9.20. The fourth-order valence-electron chi connectivity index (χ4n) is 2.65. The smallest absolute Gasteiger partial charge is 0.0835 e. The molecule has 1 aromatic carbocycles. The number of thioether (sulfide) groups is 1. The summed E-state index contributed by atoms with van der Waals surface area (Å²) in [6, 6.07) is 6.24. The Morgan fingerprint density at radius 1 is 1.07 bits per heavy atom. The third-order valence-corrected chi connectivity index (χ3v) is 5.15.